The van der Waals surface area contributed by atoms with Crippen LogP contribution in [0.15, 0.2) is 22.7 Å². The molecule has 1 aromatic carbocycles. The number of likely N-dealkylation sites (N-methyl/N-ethyl adjacent to an activating group) is 1. The number of nitrogens with zero attached hydrogens (tertiary/aromatic N) is 1. The Balaban J connectivity index is 2.23. The maximum Gasteiger partial charge on any atom is 0.255 e. The highest BCUT2D eigenvalue weighted by molar-refractivity contribution is 9.10. The van der Waals surface area contributed by atoms with Crippen LogP contribution >= 0.6 is 15.9 Å². The highest BCUT2D eigenvalue weighted by atomic mass is 79.9. The number of benzene rings is 1. The standard InChI is InChI=1S/C14H18BrNO2/c1-9-5-4-6-11(13(9)15)14(17)16(3)12-7-8-18-10(12)2/h4-6,10,12H,7-8H2,1-3H3. The topological polar surface area (TPSA) is 29.5 Å². The Labute approximate surface area is 116 Å². The van der Waals surface area contributed by atoms with Crippen molar-refractivity contribution in [3.63, 3.8) is 0 Å². The fourth-order valence-electron chi connectivity index (χ4n) is 2.38. The minimum atomic E-state index is 0.0490. The molecular weight excluding hydrogens is 294 g/mol. The maximum atomic E-state index is 12.5. The molecule has 0 radical (unpaired) electrons. The zero-order valence-electron chi connectivity index (χ0n) is 10.9. The fourth-order valence-corrected chi connectivity index (χ4v) is 2.82. The molecule has 98 valence electrons. The smallest absolute Gasteiger partial charge is 0.255 e. The van der Waals surface area contributed by atoms with Crippen LogP contribution in [0.5, 0.6) is 0 Å². The van der Waals surface area contributed by atoms with Gasteiger partial charge in [-0.3, -0.25) is 4.79 Å². The molecule has 4 heteroatoms. The molecule has 1 amide bonds. The molecule has 0 bridgehead atoms. The summed E-state index contributed by atoms with van der Waals surface area (Å²) in [5, 5.41) is 0. The molecule has 0 aromatic heterocycles. The van der Waals surface area contributed by atoms with E-state index in [1.807, 2.05) is 39.1 Å². The molecule has 1 aliphatic rings. The van der Waals surface area contributed by atoms with Gasteiger partial charge in [0.2, 0.25) is 0 Å². The van der Waals surface area contributed by atoms with Crippen molar-refractivity contribution in [3.05, 3.63) is 33.8 Å². The molecular formula is C14H18BrNO2. The van der Waals surface area contributed by atoms with Gasteiger partial charge in [0.1, 0.15) is 0 Å². The van der Waals surface area contributed by atoms with Crippen molar-refractivity contribution in [2.75, 3.05) is 13.7 Å². The van der Waals surface area contributed by atoms with Crippen LogP contribution in [0.1, 0.15) is 29.3 Å². The molecule has 1 fully saturated rings. The van der Waals surface area contributed by atoms with E-state index in [-0.39, 0.29) is 18.1 Å². The number of halogens is 1. The van der Waals surface area contributed by atoms with Crippen molar-refractivity contribution < 1.29 is 9.53 Å². The molecule has 1 saturated heterocycles. The van der Waals surface area contributed by atoms with Gasteiger partial charge in [-0.1, -0.05) is 12.1 Å². The number of carbonyl (C=O) groups excluding carboxylic acids is 1. The van der Waals surface area contributed by atoms with Crippen LogP contribution in [0.25, 0.3) is 0 Å². The van der Waals surface area contributed by atoms with Crippen LogP contribution in [-0.2, 0) is 4.74 Å². The Morgan fingerprint density at radius 1 is 1.50 bits per heavy atom. The van der Waals surface area contributed by atoms with Crippen LogP contribution in [0, 0.1) is 6.92 Å². The number of hydrogen-bond donors (Lipinski definition) is 0. The van der Waals surface area contributed by atoms with Crippen molar-refractivity contribution in [1.82, 2.24) is 4.90 Å². The fraction of sp³-hybridized carbons (Fsp3) is 0.500. The summed E-state index contributed by atoms with van der Waals surface area (Å²) in [5.74, 6) is 0.0490. The van der Waals surface area contributed by atoms with Crippen LogP contribution in [0.3, 0.4) is 0 Å². The van der Waals surface area contributed by atoms with E-state index in [0.717, 1.165) is 28.6 Å². The van der Waals surface area contributed by atoms with Gasteiger partial charge in [0.15, 0.2) is 0 Å². The summed E-state index contributed by atoms with van der Waals surface area (Å²) < 4.78 is 6.40. The minimum Gasteiger partial charge on any atom is -0.376 e. The molecule has 18 heavy (non-hydrogen) atoms. The van der Waals surface area contributed by atoms with Crippen LogP contribution in [-0.4, -0.2) is 36.6 Å². The molecule has 2 atom stereocenters. The molecule has 1 heterocycles. The number of carbonyl (C=O) groups is 1. The summed E-state index contributed by atoms with van der Waals surface area (Å²) >= 11 is 3.49. The lowest BCUT2D eigenvalue weighted by Crippen LogP contribution is -2.41. The average molecular weight is 312 g/mol. The largest absolute Gasteiger partial charge is 0.376 e. The molecule has 0 spiro atoms. The lowest BCUT2D eigenvalue weighted by molar-refractivity contribution is 0.0574. The van der Waals surface area contributed by atoms with Gasteiger partial charge in [-0.05, 0) is 47.8 Å². The molecule has 2 rings (SSSR count). The quantitative estimate of drug-likeness (QED) is 0.840. The van der Waals surface area contributed by atoms with Gasteiger partial charge in [-0.25, -0.2) is 0 Å². The third-order valence-corrected chi connectivity index (χ3v) is 4.63. The van der Waals surface area contributed by atoms with E-state index in [9.17, 15) is 4.79 Å². The van der Waals surface area contributed by atoms with Crippen LogP contribution < -0.4 is 0 Å². The molecule has 0 N–H and O–H groups in total. The Morgan fingerprint density at radius 3 is 2.83 bits per heavy atom. The first-order chi connectivity index (χ1) is 8.52. The highest BCUT2D eigenvalue weighted by Crippen LogP contribution is 2.25. The van der Waals surface area contributed by atoms with Gasteiger partial charge in [0.05, 0.1) is 17.7 Å². The second-order valence-corrected chi connectivity index (χ2v) is 5.58. The van der Waals surface area contributed by atoms with E-state index in [2.05, 4.69) is 15.9 Å². The number of rotatable bonds is 2. The lowest BCUT2D eigenvalue weighted by Gasteiger charge is -2.27. The molecule has 0 saturated carbocycles. The van der Waals surface area contributed by atoms with Gasteiger partial charge >= 0.3 is 0 Å². The SMILES string of the molecule is Cc1cccc(C(=O)N(C)C2CCOC2C)c1Br. The summed E-state index contributed by atoms with van der Waals surface area (Å²) in [7, 11) is 1.85. The van der Waals surface area contributed by atoms with E-state index in [4.69, 9.17) is 4.74 Å². The number of amides is 1. The number of ether oxygens (including phenoxy) is 1. The van der Waals surface area contributed by atoms with Gasteiger partial charge in [0.25, 0.3) is 5.91 Å². The molecule has 3 nitrogen and oxygen atoms in total. The van der Waals surface area contributed by atoms with E-state index in [1.165, 1.54) is 0 Å². The first kappa shape index (κ1) is 13.6. The van der Waals surface area contributed by atoms with E-state index >= 15 is 0 Å². The molecule has 1 aliphatic heterocycles. The van der Waals surface area contributed by atoms with Crippen molar-refractivity contribution in [1.29, 1.82) is 0 Å². The van der Waals surface area contributed by atoms with Gasteiger partial charge in [-0.15, -0.1) is 0 Å². The van der Waals surface area contributed by atoms with E-state index in [0.29, 0.717) is 0 Å². The maximum absolute atomic E-state index is 12.5. The Morgan fingerprint density at radius 2 is 2.22 bits per heavy atom. The van der Waals surface area contributed by atoms with Gasteiger partial charge < -0.3 is 9.64 Å². The van der Waals surface area contributed by atoms with Crippen molar-refractivity contribution >= 4 is 21.8 Å². The predicted octanol–water partition coefficient (Wildman–Crippen LogP) is 3.01. The third kappa shape index (κ3) is 2.45. The summed E-state index contributed by atoms with van der Waals surface area (Å²) in [6.45, 7) is 4.74. The highest BCUT2D eigenvalue weighted by Gasteiger charge is 2.31. The van der Waals surface area contributed by atoms with Gasteiger partial charge in [0, 0.05) is 18.1 Å². The second-order valence-electron chi connectivity index (χ2n) is 4.78. The first-order valence-electron chi connectivity index (χ1n) is 6.16. The lowest BCUT2D eigenvalue weighted by atomic mass is 10.1. The van der Waals surface area contributed by atoms with E-state index in [1.54, 1.807) is 4.90 Å². The average Bonchev–Trinajstić information content (AvgIpc) is 2.77. The third-order valence-electron chi connectivity index (χ3n) is 3.58. The predicted molar refractivity (Wildman–Crippen MR) is 74.8 cm³/mol. The zero-order chi connectivity index (χ0) is 13.3. The number of hydrogen-bond acceptors (Lipinski definition) is 2. The van der Waals surface area contributed by atoms with Crippen LogP contribution in [0.2, 0.25) is 0 Å². The van der Waals surface area contributed by atoms with Crippen LogP contribution in [0.4, 0.5) is 0 Å². The summed E-state index contributed by atoms with van der Waals surface area (Å²) in [6, 6.07) is 5.93. The Kier molecular flexibility index (Phi) is 4.07. The second kappa shape index (κ2) is 5.41. The molecule has 1 aromatic rings. The van der Waals surface area contributed by atoms with Crippen molar-refractivity contribution in [3.8, 4) is 0 Å². The minimum absolute atomic E-state index is 0.0490. The monoisotopic (exact) mass is 311 g/mol. The number of aryl methyl sites for hydroxylation is 1. The Bertz CT molecular complexity index is 461. The molecule has 0 aliphatic carbocycles. The first-order valence-corrected chi connectivity index (χ1v) is 6.95. The Hall–Kier alpha value is -0.870. The van der Waals surface area contributed by atoms with Crippen molar-refractivity contribution in [2.45, 2.75) is 32.4 Å². The van der Waals surface area contributed by atoms with Gasteiger partial charge in [-0.2, -0.15) is 0 Å². The summed E-state index contributed by atoms with van der Waals surface area (Å²) in [4.78, 5) is 14.3. The summed E-state index contributed by atoms with van der Waals surface area (Å²) in [6.07, 6.45) is 1.02. The van der Waals surface area contributed by atoms with Crippen molar-refractivity contribution in [2.24, 2.45) is 0 Å². The zero-order valence-corrected chi connectivity index (χ0v) is 12.5. The normalized spacial score (nSPS) is 23.1. The van der Waals surface area contributed by atoms with E-state index < -0.39 is 0 Å². The molecule has 2 unspecified atom stereocenters. The summed E-state index contributed by atoms with van der Waals surface area (Å²) in [5.41, 5.74) is 1.79.